The Kier molecular flexibility index (Phi) is 9.32. The molecular formula is C26H35BrN2O3. The van der Waals surface area contributed by atoms with Gasteiger partial charge in [-0.2, -0.15) is 0 Å². The molecule has 174 valence electrons. The van der Waals surface area contributed by atoms with Crippen molar-refractivity contribution in [2.75, 3.05) is 6.61 Å². The van der Waals surface area contributed by atoms with Crippen molar-refractivity contribution in [1.29, 1.82) is 0 Å². The van der Waals surface area contributed by atoms with E-state index in [1.165, 1.54) is 5.56 Å². The average molecular weight is 503 g/mol. The molecule has 2 aromatic carbocycles. The molecule has 0 spiro atoms. The van der Waals surface area contributed by atoms with Crippen LogP contribution in [0.3, 0.4) is 0 Å². The van der Waals surface area contributed by atoms with Crippen LogP contribution in [0.2, 0.25) is 0 Å². The number of rotatable bonds is 9. The number of ether oxygens (including phenoxy) is 1. The summed E-state index contributed by atoms with van der Waals surface area (Å²) in [5, 5.41) is 2.97. The minimum absolute atomic E-state index is 0.0156. The number of nitrogens with zero attached hydrogens (tertiary/aromatic N) is 1. The van der Waals surface area contributed by atoms with Crippen molar-refractivity contribution in [3.8, 4) is 5.75 Å². The average Bonchev–Trinajstić information content (AvgIpc) is 2.75. The van der Waals surface area contributed by atoms with Crippen molar-refractivity contribution in [3.63, 3.8) is 0 Å². The van der Waals surface area contributed by atoms with Gasteiger partial charge < -0.3 is 15.0 Å². The lowest BCUT2D eigenvalue weighted by atomic mass is 9.87. The van der Waals surface area contributed by atoms with E-state index in [0.717, 1.165) is 16.5 Å². The molecule has 0 aliphatic carbocycles. The molecule has 0 radical (unpaired) electrons. The Morgan fingerprint density at radius 3 is 2.31 bits per heavy atom. The SMILES string of the molecule is CC[C@H](C)NC(=O)[C@@H](C)N(Cc1ccccc1)C(=O)COc1ccc(C(C)(C)C)cc1Br. The number of amides is 2. The van der Waals surface area contributed by atoms with Gasteiger partial charge >= 0.3 is 0 Å². The monoisotopic (exact) mass is 502 g/mol. The lowest BCUT2D eigenvalue weighted by Gasteiger charge is -2.29. The zero-order chi connectivity index (χ0) is 23.9. The fourth-order valence-electron chi connectivity index (χ4n) is 3.14. The maximum Gasteiger partial charge on any atom is 0.261 e. The quantitative estimate of drug-likeness (QED) is 0.495. The Morgan fingerprint density at radius 2 is 1.75 bits per heavy atom. The number of hydrogen-bond donors (Lipinski definition) is 1. The standard InChI is InChI=1S/C26H35BrN2O3/c1-7-18(2)28-25(31)19(3)29(16-20-11-9-8-10-12-20)24(30)17-32-23-14-13-21(15-22(23)27)26(4,5)6/h8-15,18-19H,7,16-17H2,1-6H3,(H,28,31)/t18-,19+/m0/s1. The third-order valence-corrected chi connectivity index (χ3v) is 6.13. The van der Waals surface area contributed by atoms with Crippen LogP contribution in [0.5, 0.6) is 5.75 Å². The lowest BCUT2D eigenvalue weighted by Crippen LogP contribution is -2.50. The molecule has 2 rings (SSSR count). The van der Waals surface area contributed by atoms with Crippen LogP contribution in [0, 0.1) is 0 Å². The second-order valence-corrected chi connectivity index (χ2v) is 10.0. The lowest BCUT2D eigenvalue weighted by molar-refractivity contribution is -0.142. The van der Waals surface area contributed by atoms with E-state index >= 15 is 0 Å². The molecule has 0 saturated heterocycles. The number of halogens is 1. The fraction of sp³-hybridized carbons (Fsp3) is 0.462. The maximum absolute atomic E-state index is 13.2. The first-order valence-electron chi connectivity index (χ1n) is 11.1. The summed E-state index contributed by atoms with van der Waals surface area (Å²) in [5.41, 5.74) is 2.14. The van der Waals surface area contributed by atoms with Crippen LogP contribution < -0.4 is 10.1 Å². The first kappa shape index (κ1) is 25.9. The van der Waals surface area contributed by atoms with Crippen molar-refractivity contribution >= 4 is 27.7 Å². The largest absolute Gasteiger partial charge is 0.483 e. The van der Waals surface area contributed by atoms with Crippen LogP contribution in [0.15, 0.2) is 53.0 Å². The Bertz CT molecular complexity index is 909. The van der Waals surface area contributed by atoms with Gasteiger partial charge in [-0.25, -0.2) is 0 Å². The van der Waals surface area contributed by atoms with Crippen molar-refractivity contribution in [2.24, 2.45) is 0 Å². The molecule has 2 atom stereocenters. The van der Waals surface area contributed by atoms with Gasteiger partial charge in [0.05, 0.1) is 4.47 Å². The van der Waals surface area contributed by atoms with E-state index in [4.69, 9.17) is 4.74 Å². The molecule has 6 heteroatoms. The Labute approximate surface area is 200 Å². The summed E-state index contributed by atoms with van der Waals surface area (Å²) in [6.45, 7) is 12.3. The van der Waals surface area contributed by atoms with E-state index < -0.39 is 6.04 Å². The van der Waals surface area contributed by atoms with Crippen molar-refractivity contribution in [1.82, 2.24) is 10.2 Å². The molecule has 0 bridgehead atoms. The molecule has 0 fully saturated rings. The summed E-state index contributed by atoms with van der Waals surface area (Å²) in [5.74, 6) is 0.189. The van der Waals surface area contributed by atoms with Crippen LogP contribution >= 0.6 is 15.9 Å². The van der Waals surface area contributed by atoms with Gasteiger partial charge in [-0.05, 0) is 64.9 Å². The Hall–Kier alpha value is -2.34. The van der Waals surface area contributed by atoms with Gasteiger partial charge in [-0.1, -0.05) is 64.1 Å². The summed E-state index contributed by atoms with van der Waals surface area (Å²) in [7, 11) is 0. The molecule has 2 aromatic rings. The molecule has 0 unspecified atom stereocenters. The van der Waals surface area contributed by atoms with E-state index in [-0.39, 0.29) is 29.9 Å². The zero-order valence-corrected chi connectivity index (χ0v) is 21.5. The molecule has 0 saturated carbocycles. The second-order valence-electron chi connectivity index (χ2n) is 9.18. The van der Waals surface area contributed by atoms with E-state index in [1.807, 2.05) is 62.4 Å². The normalized spacial score (nSPS) is 13.2. The Morgan fingerprint density at radius 1 is 1.09 bits per heavy atom. The van der Waals surface area contributed by atoms with E-state index in [1.54, 1.807) is 11.8 Å². The predicted octanol–water partition coefficient (Wildman–Crippen LogP) is 5.46. The highest BCUT2D eigenvalue weighted by Crippen LogP contribution is 2.31. The number of carbonyl (C=O) groups is 2. The third-order valence-electron chi connectivity index (χ3n) is 5.51. The predicted molar refractivity (Wildman–Crippen MR) is 133 cm³/mol. The molecule has 0 heterocycles. The highest BCUT2D eigenvalue weighted by molar-refractivity contribution is 9.10. The molecule has 0 aliphatic rings. The third kappa shape index (κ3) is 7.37. The summed E-state index contributed by atoms with van der Waals surface area (Å²) in [6.07, 6.45) is 0.826. The van der Waals surface area contributed by atoms with Gasteiger partial charge in [0.1, 0.15) is 11.8 Å². The number of carbonyl (C=O) groups excluding carboxylic acids is 2. The zero-order valence-electron chi connectivity index (χ0n) is 19.9. The first-order chi connectivity index (χ1) is 15.0. The number of nitrogens with one attached hydrogen (secondary N) is 1. The van der Waals surface area contributed by atoms with Crippen molar-refractivity contribution < 1.29 is 14.3 Å². The van der Waals surface area contributed by atoms with E-state index in [9.17, 15) is 9.59 Å². The van der Waals surface area contributed by atoms with E-state index in [0.29, 0.717) is 12.3 Å². The van der Waals surface area contributed by atoms with E-state index in [2.05, 4.69) is 42.0 Å². The van der Waals surface area contributed by atoms with Crippen LogP contribution in [0.1, 0.15) is 59.1 Å². The first-order valence-corrected chi connectivity index (χ1v) is 11.9. The van der Waals surface area contributed by atoms with Crippen molar-refractivity contribution in [2.45, 2.75) is 72.0 Å². The van der Waals surface area contributed by atoms with Crippen LogP contribution in [-0.2, 0) is 21.5 Å². The highest BCUT2D eigenvalue weighted by Gasteiger charge is 2.27. The molecule has 1 N–H and O–H groups in total. The van der Waals surface area contributed by atoms with Crippen LogP contribution in [0.25, 0.3) is 0 Å². The number of hydrogen-bond acceptors (Lipinski definition) is 3. The fourth-order valence-corrected chi connectivity index (χ4v) is 3.63. The minimum atomic E-state index is -0.619. The van der Waals surface area contributed by atoms with Gasteiger partial charge in [0.15, 0.2) is 6.61 Å². The van der Waals surface area contributed by atoms with Gasteiger partial charge in [-0.3, -0.25) is 9.59 Å². The molecule has 32 heavy (non-hydrogen) atoms. The maximum atomic E-state index is 13.2. The van der Waals surface area contributed by atoms with Crippen molar-refractivity contribution in [3.05, 3.63) is 64.1 Å². The van der Waals surface area contributed by atoms with Crippen LogP contribution in [-0.4, -0.2) is 35.4 Å². The topological polar surface area (TPSA) is 58.6 Å². The van der Waals surface area contributed by atoms with Gasteiger partial charge in [0.25, 0.3) is 5.91 Å². The molecule has 0 aliphatic heterocycles. The number of benzene rings is 2. The summed E-state index contributed by atoms with van der Waals surface area (Å²) >= 11 is 3.55. The second kappa shape index (κ2) is 11.5. The van der Waals surface area contributed by atoms with Gasteiger partial charge in [0, 0.05) is 12.6 Å². The molecule has 5 nitrogen and oxygen atoms in total. The summed E-state index contributed by atoms with van der Waals surface area (Å²) in [4.78, 5) is 27.5. The smallest absolute Gasteiger partial charge is 0.261 e. The molecule has 0 aromatic heterocycles. The Balaban J connectivity index is 2.16. The van der Waals surface area contributed by atoms with Crippen LogP contribution in [0.4, 0.5) is 0 Å². The summed E-state index contributed by atoms with van der Waals surface area (Å²) < 4.78 is 6.65. The highest BCUT2D eigenvalue weighted by atomic mass is 79.9. The molecule has 2 amide bonds. The van der Waals surface area contributed by atoms with Gasteiger partial charge in [0.2, 0.25) is 5.91 Å². The van der Waals surface area contributed by atoms with Gasteiger partial charge in [-0.15, -0.1) is 0 Å². The minimum Gasteiger partial charge on any atom is -0.483 e. The molecular weight excluding hydrogens is 468 g/mol. The summed E-state index contributed by atoms with van der Waals surface area (Å²) in [6, 6.07) is 15.0.